The maximum atomic E-state index is 11.9. The second-order valence-corrected chi connectivity index (χ2v) is 9.12. The van der Waals surface area contributed by atoms with Crippen molar-refractivity contribution in [3.8, 4) is 0 Å². The first kappa shape index (κ1) is 27.2. The molecule has 1 aromatic rings. The smallest absolute Gasteiger partial charge is 0.335 e. The van der Waals surface area contributed by atoms with E-state index in [1.165, 1.54) is 82.8 Å². The molecule has 1 rings (SSSR count). The van der Waals surface area contributed by atoms with Crippen LogP contribution in [0.2, 0.25) is 0 Å². The van der Waals surface area contributed by atoms with Crippen molar-refractivity contribution >= 4 is 34.4 Å². The molecule has 2 N–H and O–H groups in total. The number of carbonyl (C=O) groups excluding carboxylic acids is 2. The molecule has 0 heterocycles. The Morgan fingerprint density at radius 3 is 1.74 bits per heavy atom. The normalized spacial score (nSPS) is 10.7. The van der Waals surface area contributed by atoms with Crippen LogP contribution in [0.4, 0.5) is 5.69 Å². The van der Waals surface area contributed by atoms with E-state index in [4.69, 9.17) is 5.11 Å². The Morgan fingerprint density at radius 1 is 0.774 bits per heavy atom. The fourth-order valence-corrected chi connectivity index (χ4v) is 4.05. The number of hydrogen-bond acceptors (Lipinski definition) is 4. The van der Waals surface area contributed by atoms with E-state index in [1.54, 1.807) is 12.1 Å². The number of carboxylic acid groups (broad SMARTS) is 1. The molecule has 0 radical (unpaired) electrons. The van der Waals surface area contributed by atoms with Crippen molar-refractivity contribution in [2.45, 2.75) is 96.8 Å². The Balaban J connectivity index is 1.95. The van der Waals surface area contributed by atoms with Gasteiger partial charge in [0.2, 0.25) is 5.91 Å². The van der Waals surface area contributed by atoms with Gasteiger partial charge < -0.3 is 10.4 Å². The molecule has 0 saturated carbocycles. The van der Waals surface area contributed by atoms with Crippen LogP contribution in [0.3, 0.4) is 0 Å². The number of anilines is 1. The van der Waals surface area contributed by atoms with E-state index in [2.05, 4.69) is 12.2 Å². The molecule has 0 atom stereocenters. The highest BCUT2D eigenvalue weighted by Gasteiger charge is 2.09. The van der Waals surface area contributed by atoms with Gasteiger partial charge in [-0.25, -0.2) is 4.79 Å². The number of benzene rings is 1. The zero-order chi connectivity index (χ0) is 22.7. The first-order valence-electron chi connectivity index (χ1n) is 11.8. The molecule has 0 unspecified atom stereocenters. The van der Waals surface area contributed by atoms with Crippen LogP contribution in [0.25, 0.3) is 0 Å². The number of rotatable bonds is 18. The van der Waals surface area contributed by atoms with Crippen molar-refractivity contribution in [2.75, 3.05) is 11.1 Å². The lowest BCUT2D eigenvalue weighted by Crippen LogP contribution is -2.15. The van der Waals surface area contributed by atoms with Crippen LogP contribution in [-0.4, -0.2) is 27.9 Å². The summed E-state index contributed by atoms with van der Waals surface area (Å²) in [5.74, 6) is -1.18. The van der Waals surface area contributed by atoms with Crippen LogP contribution < -0.4 is 5.32 Å². The summed E-state index contributed by atoms with van der Waals surface area (Å²) in [5, 5.41) is 11.6. The van der Waals surface area contributed by atoms with Gasteiger partial charge in [-0.15, -0.1) is 0 Å². The van der Waals surface area contributed by atoms with Gasteiger partial charge >= 0.3 is 5.97 Å². The lowest BCUT2D eigenvalue weighted by molar-refractivity contribution is -0.114. The molecule has 174 valence electrons. The van der Waals surface area contributed by atoms with Crippen LogP contribution in [0, 0.1) is 0 Å². The van der Waals surface area contributed by atoms with Gasteiger partial charge in [-0.3, -0.25) is 9.59 Å². The molecule has 0 aliphatic heterocycles. The number of unbranched alkanes of at least 4 members (excludes halogenated alkanes) is 12. The molecule has 31 heavy (non-hydrogen) atoms. The Morgan fingerprint density at radius 2 is 1.26 bits per heavy atom. The summed E-state index contributed by atoms with van der Waals surface area (Å²) in [4.78, 5) is 34.7. The highest BCUT2D eigenvalue weighted by Crippen LogP contribution is 2.15. The van der Waals surface area contributed by atoms with Crippen LogP contribution in [0.5, 0.6) is 0 Å². The first-order valence-corrected chi connectivity index (χ1v) is 12.8. The van der Waals surface area contributed by atoms with Gasteiger partial charge in [0.25, 0.3) is 0 Å². The Labute approximate surface area is 191 Å². The predicted molar refractivity (Wildman–Crippen MR) is 130 cm³/mol. The molecule has 6 heteroatoms. The Hall–Kier alpha value is -1.82. The average molecular weight is 450 g/mol. The van der Waals surface area contributed by atoms with Crippen molar-refractivity contribution in [2.24, 2.45) is 0 Å². The third-order valence-corrected chi connectivity index (χ3v) is 6.20. The Kier molecular flexibility index (Phi) is 15.6. The summed E-state index contributed by atoms with van der Waals surface area (Å²) >= 11 is 1.05. The summed E-state index contributed by atoms with van der Waals surface area (Å²) in [5.41, 5.74) is 0.694. The van der Waals surface area contributed by atoms with Crippen LogP contribution in [0.15, 0.2) is 24.3 Å². The molecule has 0 aliphatic carbocycles. The summed E-state index contributed by atoms with van der Waals surface area (Å²) in [7, 11) is 0. The minimum absolute atomic E-state index is 0.0550. The fourth-order valence-electron chi connectivity index (χ4n) is 3.40. The second kappa shape index (κ2) is 17.8. The monoisotopic (exact) mass is 449 g/mol. The van der Waals surface area contributed by atoms with E-state index in [1.807, 2.05) is 0 Å². The van der Waals surface area contributed by atoms with Gasteiger partial charge in [0.15, 0.2) is 5.12 Å². The molecule has 5 nitrogen and oxygen atoms in total. The number of carboxylic acids is 1. The second-order valence-electron chi connectivity index (χ2n) is 8.08. The first-order chi connectivity index (χ1) is 15.0. The van der Waals surface area contributed by atoms with Gasteiger partial charge in [-0.2, -0.15) is 0 Å². The Bertz CT molecular complexity index is 645. The molecule has 0 spiro atoms. The third-order valence-electron chi connectivity index (χ3n) is 5.26. The van der Waals surface area contributed by atoms with Crippen molar-refractivity contribution < 1.29 is 19.5 Å². The van der Waals surface area contributed by atoms with Gasteiger partial charge in [0, 0.05) is 12.1 Å². The van der Waals surface area contributed by atoms with E-state index >= 15 is 0 Å². The fraction of sp³-hybridized carbons (Fsp3) is 0.640. The molecule has 1 amide bonds. The van der Waals surface area contributed by atoms with Gasteiger partial charge in [0.05, 0.1) is 11.3 Å². The third kappa shape index (κ3) is 14.8. The molecule has 0 saturated heterocycles. The van der Waals surface area contributed by atoms with Gasteiger partial charge in [-0.1, -0.05) is 95.7 Å². The highest BCUT2D eigenvalue weighted by atomic mass is 32.2. The van der Waals surface area contributed by atoms with E-state index in [-0.39, 0.29) is 22.3 Å². The zero-order valence-corrected chi connectivity index (χ0v) is 19.8. The standard InChI is InChI=1S/C25H39NO4S/c1-2-3-4-5-6-7-8-9-10-11-12-13-14-15-24(28)31-20-23(27)26-22-18-16-21(17-19-22)25(29)30/h16-19H,2-15,20H2,1H3,(H,26,27)(H,29,30). The van der Waals surface area contributed by atoms with E-state index in [0.717, 1.165) is 24.6 Å². The highest BCUT2D eigenvalue weighted by molar-refractivity contribution is 8.14. The summed E-state index contributed by atoms with van der Waals surface area (Å²) < 4.78 is 0. The minimum atomic E-state index is -1.01. The summed E-state index contributed by atoms with van der Waals surface area (Å²) in [6.07, 6.45) is 17.1. The number of thioether (sulfide) groups is 1. The molecular formula is C25H39NO4S. The van der Waals surface area contributed by atoms with Gasteiger partial charge in [-0.05, 0) is 30.7 Å². The lowest BCUT2D eigenvalue weighted by atomic mass is 10.0. The number of carbonyl (C=O) groups is 3. The van der Waals surface area contributed by atoms with E-state index < -0.39 is 5.97 Å². The minimum Gasteiger partial charge on any atom is -0.478 e. The SMILES string of the molecule is CCCCCCCCCCCCCCCC(=O)SCC(=O)Nc1ccc(C(=O)O)cc1. The number of aromatic carboxylic acids is 1. The molecule has 0 fully saturated rings. The van der Waals surface area contributed by atoms with Crippen LogP contribution >= 0.6 is 11.8 Å². The van der Waals surface area contributed by atoms with E-state index in [9.17, 15) is 14.4 Å². The molecule has 0 aliphatic rings. The predicted octanol–water partition coefficient (Wildman–Crippen LogP) is 7.06. The molecule has 1 aromatic carbocycles. The maximum Gasteiger partial charge on any atom is 0.335 e. The summed E-state index contributed by atoms with van der Waals surface area (Å²) in [6.45, 7) is 2.25. The quantitative estimate of drug-likeness (QED) is 0.234. The number of nitrogens with one attached hydrogen (secondary N) is 1. The maximum absolute atomic E-state index is 11.9. The van der Waals surface area contributed by atoms with Gasteiger partial charge in [0.1, 0.15) is 0 Å². The van der Waals surface area contributed by atoms with Crippen LogP contribution in [0.1, 0.15) is 107 Å². The van der Waals surface area contributed by atoms with Crippen molar-refractivity contribution in [1.82, 2.24) is 0 Å². The van der Waals surface area contributed by atoms with Crippen LogP contribution in [-0.2, 0) is 9.59 Å². The number of hydrogen-bond donors (Lipinski definition) is 2. The van der Waals surface area contributed by atoms with Crippen molar-refractivity contribution in [3.63, 3.8) is 0 Å². The lowest BCUT2D eigenvalue weighted by Gasteiger charge is -2.05. The molecular weight excluding hydrogens is 410 g/mol. The van der Waals surface area contributed by atoms with E-state index in [0.29, 0.717) is 12.1 Å². The molecule has 0 aromatic heterocycles. The zero-order valence-electron chi connectivity index (χ0n) is 19.0. The largest absolute Gasteiger partial charge is 0.478 e. The average Bonchev–Trinajstić information content (AvgIpc) is 2.76. The summed E-state index contributed by atoms with van der Waals surface area (Å²) in [6, 6.07) is 5.96. The van der Waals surface area contributed by atoms with Crippen molar-refractivity contribution in [3.05, 3.63) is 29.8 Å². The number of amides is 1. The molecule has 0 bridgehead atoms. The topological polar surface area (TPSA) is 83.5 Å². The van der Waals surface area contributed by atoms with Crippen molar-refractivity contribution in [1.29, 1.82) is 0 Å².